The van der Waals surface area contributed by atoms with E-state index in [2.05, 4.69) is 16.2 Å². The summed E-state index contributed by atoms with van der Waals surface area (Å²) in [6, 6.07) is 7.58. The van der Waals surface area contributed by atoms with Gasteiger partial charge in [0.1, 0.15) is 0 Å². The van der Waals surface area contributed by atoms with Gasteiger partial charge in [-0.25, -0.2) is 0 Å². The van der Waals surface area contributed by atoms with Crippen LogP contribution in [0.3, 0.4) is 0 Å². The van der Waals surface area contributed by atoms with Gasteiger partial charge in [-0.15, -0.1) is 0 Å². The van der Waals surface area contributed by atoms with E-state index in [9.17, 15) is 4.79 Å². The van der Waals surface area contributed by atoms with E-state index < -0.39 is 0 Å². The minimum atomic E-state index is -0.221. The second-order valence-electron chi connectivity index (χ2n) is 4.54. The average molecular weight is 327 g/mol. The Morgan fingerprint density at radius 2 is 2.19 bits per heavy atom. The second-order valence-corrected chi connectivity index (χ2v) is 5.82. The maximum Gasteiger partial charge on any atom is 0.269 e. The Morgan fingerprint density at radius 1 is 1.43 bits per heavy atom. The highest BCUT2D eigenvalue weighted by Gasteiger charge is 2.08. The van der Waals surface area contributed by atoms with Gasteiger partial charge in [0.05, 0.1) is 6.61 Å². The van der Waals surface area contributed by atoms with Gasteiger partial charge >= 0.3 is 0 Å². The molecule has 1 aromatic rings. The van der Waals surface area contributed by atoms with Crippen LogP contribution in [0.2, 0.25) is 0 Å². The molecule has 0 radical (unpaired) electrons. The molecule has 1 atom stereocenters. The molecule has 1 rings (SSSR count). The lowest BCUT2D eigenvalue weighted by Gasteiger charge is -2.16. The van der Waals surface area contributed by atoms with Crippen molar-refractivity contribution in [2.24, 2.45) is 0 Å². The van der Waals surface area contributed by atoms with Crippen molar-refractivity contribution in [3.8, 4) is 0 Å². The quantitative estimate of drug-likeness (QED) is 0.546. The summed E-state index contributed by atoms with van der Waals surface area (Å²) >= 11 is 6.80. The predicted octanol–water partition coefficient (Wildman–Crippen LogP) is 1.69. The summed E-state index contributed by atoms with van der Waals surface area (Å²) < 4.78 is 5.00. The Labute approximate surface area is 135 Å². The summed E-state index contributed by atoms with van der Waals surface area (Å²) in [6.07, 6.45) is 2.03. The third-order valence-electron chi connectivity index (χ3n) is 2.58. The topological polar surface area (TPSA) is 62.4 Å². The van der Waals surface area contributed by atoms with E-state index >= 15 is 0 Å². The Kier molecular flexibility index (Phi) is 8.11. The average Bonchev–Trinajstić information content (AvgIpc) is 2.45. The van der Waals surface area contributed by atoms with Crippen LogP contribution in [0.4, 0.5) is 0 Å². The molecule has 5 nitrogen and oxygen atoms in total. The molecule has 0 aliphatic rings. The minimum absolute atomic E-state index is 0.0665. The van der Waals surface area contributed by atoms with E-state index in [1.165, 1.54) is 0 Å². The number of thiocarbonyl (C=S) groups is 1. The lowest BCUT2D eigenvalue weighted by atomic mass is 10.1. The molecule has 1 amide bonds. The van der Waals surface area contributed by atoms with Crippen LogP contribution in [0.1, 0.15) is 22.8 Å². The van der Waals surface area contributed by atoms with Crippen LogP contribution in [0.15, 0.2) is 24.3 Å². The zero-order valence-electron chi connectivity index (χ0n) is 12.4. The molecule has 0 fully saturated rings. The van der Waals surface area contributed by atoms with Gasteiger partial charge in [-0.05, 0) is 43.1 Å². The molecule has 0 aromatic heterocycles. The molecule has 0 spiro atoms. The van der Waals surface area contributed by atoms with Gasteiger partial charge in [0, 0.05) is 24.5 Å². The number of hydrogen-bond acceptors (Lipinski definition) is 4. The highest BCUT2D eigenvalue weighted by Crippen LogP contribution is 2.11. The summed E-state index contributed by atoms with van der Waals surface area (Å²) in [6.45, 7) is 2.47. The fourth-order valence-electron chi connectivity index (χ4n) is 1.71. The zero-order valence-corrected chi connectivity index (χ0v) is 14.1. The van der Waals surface area contributed by atoms with Gasteiger partial charge < -0.3 is 10.1 Å². The Bertz CT molecular complexity index is 483. The van der Waals surface area contributed by atoms with Crippen molar-refractivity contribution in [3.05, 3.63) is 35.4 Å². The lowest BCUT2D eigenvalue weighted by Crippen LogP contribution is -2.49. The molecule has 1 aromatic carbocycles. The molecule has 0 saturated heterocycles. The normalized spacial score (nSPS) is 11.6. The standard InChI is InChI=1S/C14H21N3O2S2/c1-10(8-19-2)15-14(20)17-16-13(18)12-6-4-5-11(7-12)9-21-3/h4-7,10H,8-9H2,1-3H3,(H,16,18)(H2,15,17,20)/t10-/m0/s1. The third-order valence-corrected chi connectivity index (χ3v) is 3.43. The lowest BCUT2D eigenvalue weighted by molar-refractivity contribution is 0.0943. The Hall–Kier alpha value is -1.31. The fraction of sp³-hybridized carbons (Fsp3) is 0.429. The monoisotopic (exact) mass is 327 g/mol. The summed E-state index contributed by atoms with van der Waals surface area (Å²) in [5, 5.41) is 3.35. The van der Waals surface area contributed by atoms with E-state index in [0.717, 1.165) is 11.3 Å². The van der Waals surface area contributed by atoms with Crippen molar-refractivity contribution in [3.63, 3.8) is 0 Å². The van der Waals surface area contributed by atoms with E-state index in [1.54, 1.807) is 24.9 Å². The van der Waals surface area contributed by atoms with Crippen LogP contribution in [0, 0.1) is 0 Å². The minimum Gasteiger partial charge on any atom is -0.383 e. The number of carbonyl (C=O) groups is 1. The highest BCUT2D eigenvalue weighted by atomic mass is 32.2. The number of nitrogens with one attached hydrogen (secondary N) is 3. The van der Waals surface area contributed by atoms with Gasteiger partial charge in [0.2, 0.25) is 0 Å². The van der Waals surface area contributed by atoms with Crippen molar-refractivity contribution in [1.82, 2.24) is 16.2 Å². The first-order valence-electron chi connectivity index (χ1n) is 6.50. The molecule has 0 heterocycles. The first-order chi connectivity index (χ1) is 10.1. The summed E-state index contributed by atoms with van der Waals surface area (Å²) in [5.74, 6) is 0.657. The van der Waals surface area contributed by atoms with Crippen LogP contribution in [-0.4, -0.2) is 37.0 Å². The largest absolute Gasteiger partial charge is 0.383 e. The van der Waals surface area contributed by atoms with Crippen molar-refractivity contribution in [2.75, 3.05) is 20.0 Å². The number of benzene rings is 1. The summed E-state index contributed by atoms with van der Waals surface area (Å²) in [4.78, 5) is 12.0. The first-order valence-corrected chi connectivity index (χ1v) is 8.30. The molecule has 7 heteroatoms. The molecule has 0 aliphatic heterocycles. The number of rotatable bonds is 6. The van der Waals surface area contributed by atoms with Crippen LogP contribution >= 0.6 is 24.0 Å². The van der Waals surface area contributed by atoms with Crippen molar-refractivity contribution in [1.29, 1.82) is 0 Å². The van der Waals surface area contributed by atoms with Crippen molar-refractivity contribution < 1.29 is 9.53 Å². The molecule has 116 valence electrons. The summed E-state index contributed by atoms with van der Waals surface area (Å²) in [7, 11) is 1.62. The number of thioether (sulfide) groups is 1. The molecule has 0 aliphatic carbocycles. The molecular formula is C14H21N3O2S2. The second kappa shape index (κ2) is 9.59. The Balaban J connectivity index is 2.46. The SMILES string of the molecule is COC[C@H](C)NC(=S)NNC(=O)c1cccc(CSC)c1. The molecule has 0 bridgehead atoms. The molecule has 0 saturated carbocycles. The predicted molar refractivity (Wildman–Crippen MR) is 91.3 cm³/mol. The van der Waals surface area contributed by atoms with Gasteiger partial charge in [-0.3, -0.25) is 15.6 Å². The zero-order chi connectivity index (χ0) is 15.7. The van der Waals surface area contributed by atoms with Crippen LogP contribution in [-0.2, 0) is 10.5 Å². The number of carbonyl (C=O) groups excluding carboxylic acids is 1. The number of ether oxygens (including phenoxy) is 1. The number of hydrazine groups is 1. The molecular weight excluding hydrogens is 306 g/mol. The van der Waals surface area contributed by atoms with E-state index in [0.29, 0.717) is 17.3 Å². The van der Waals surface area contributed by atoms with Crippen molar-refractivity contribution >= 4 is 35.0 Å². The Morgan fingerprint density at radius 3 is 2.86 bits per heavy atom. The number of hydrogen-bond donors (Lipinski definition) is 3. The molecule has 21 heavy (non-hydrogen) atoms. The maximum atomic E-state index is 12.0. The maximum absolute atomic E-state index is 12.0. The summed E-state index contributed by atoms with van der Waals surface area (Å²) in [5.41, 5.74) is 6.97. The van der Waals surface area contributed by atoms with Gasteiger partial charge in [0.15, 0.2) is 5.11 Å². The van der Waals surface area contributed by atoms with Gasteiger partial charge in [-0.1, -0.05) is 12.1 Å². The van der Waals surface area contributed by atoms with E-state index in [-0.39, 0.29) is 11.9 Å². The van der Waals surface area contributed by atoms with E-state index in [4.69, 9.17) is 17.0 Å². The number of methoxy groups -OCH3 is 1. The van der Waals surface area contributed by atoms with Gasteiger partial charge in [-0.2, -0.15) is 11.8 Å². The highest BCUT2D eigenvalue weighted by molar-refractivity contribution is 7.97. The van der Waals surface area contributed by atoms with Crippen LogP contribution in [0.5, 0.6) is 0 Å². The van der Waals surface area contributed by atoms with Crippen LogP contribution < -0.4 is 16.2 Å². The van der Waals surface area contributed by atoms with Gasteiger partial charge in [0.25, 0.3) is 5.91 Å². The van der Waals surface area contributed by atoms with Crippen molar-refractivity contribution in [2.45, 2.75) is 18.7 Å². The first kappa shape index (κ1) is 17.7. The molecule has 0 unspecified atom stereocenters. The number of amides is 1. The van der Waals surface area contributed by atoms with Crippen LogP contribution in [0.25, 0.3) is 0 Å². The molecule has 3 N–H and O–H groups in total. The third kappa shape index (κ3) is 6.79. The van der Waals surface area contributed by atoms with E-state index in [1.807, 2.05) is 31.4 Å². The fourth-order valence-corrected chi connectivity index (χ4v) is 2.47. The smallest absolute Gasteiger partial charge is 0.269 e.